The summed E-state index contributed by atoms with van der Waals surface area (Å²) < 4.78 is 40.6. The van der Waals surface area contributed by atoms with E-state index >= 15 is 0 Å². The van der Waals surface area contributed by atoms with Crippen molar-refractivity contribution in [3.05, 3.63) is 36.2 Å². The van der Waals surface area contributed by atoms with E-state index in [0.29, 0.717) is 66.9 Å². The first-order valence-electron chi connectivity index (χ1n) is 14.6. The van der Waals surface area contributed by atoms with Crippen LogP contribution >= 0.6 is 0 Å². The minimum Gasteiger partial charge on any atom is -0.383 e. The maximum Gasteiger partial charge on any atom is 0.296 e. The van der Waals surface area contributed by atoms with Crippen LogP contribution in [0.3, 0.4) is 0 Å². The SMILES string of the molecule is COCCN(C1CC1)[C@H]1CC[C@H](CNc2nc(N3CCOCC3)cc(-n3c(C(F)F)nc4ccccc43)n2)CC1. The Bertz CT molecular complexity index is 1270. The van der Waals surface area contributed by atoms with Crippen LogP contribution in [-0.2, 0) is 9.47 Å². The third-order valence-corrected chi connectivity index (χ3v) is 8.45. The molecular formula is C29H39F2N7O2. The van der Waals surface area contributed by atoms with Crippen LogP contribution in [0.15, 0.2) is 30.3 Å². The lowest BCUT2D eigenvalue weighted by molar-refractivity contribution is 0.0879. The molecule has 11 heteroatoms. The molecule has 2 saturated carbocycles. The highest BCUT2D eigenvalue weighted by Gasteiger charge is 2.35. The van der Waals surface area contributed by atoms with Crippen LogP contribution in [-0.4, -0.2) is 89.6 Å². The van der Waals surface area contributed by atoms with Crippen molar-refractivity contribution in [3.8, 4) is 5.82 Å². The molecule has 1 N–H and O–H groups in total. The number of nitrogens with one attached hydrogen (secondary N) is 1. The molecule has 1 aliphatic heterocycles. The number of benzene rings is 1. The molecule has 0 unspecified atom stereocenters. The van der Waals surface area contributed by atoms with E-state index in [2.05, 4.69) is 20.1 Å². The molecule has 3 heterocycles. The van der Waals surface area contributed by atoms with Crippen LogP contribution in [0.25, 0.3) is 16.9 Å². The van der Waals surface area contributed by atoms with Crippen LogP contribution in [0, 0.1) is 5.92 Å². The van der Waals surface area contributed by atoms with Crippen molar-refractivity contribution in [2.75, 3.05) is 63.3 Å². The fraction of sp³-hybridized carbons (Fsp3) is 0.621. The Balaban J connectivity index is 1.21. The second-order valence-electron chi connectivity index (χ2n) is 11.1. The molecule has 0 spiro atoms. The van der Waals surface area contributed by atoms with E-state index in [0.717, 1.165) is 38.6 Å². The second kappa shape index (κ2) is 12.3. The minimum atomic E-state index is -2.74. The zero-order valence-electron chi connectivity index (χ0n) is 23.1. The number of anilines is 2. The van der Waals surface area contributed by atoms with E-state index in [1.54, 1.807) is 31.4 Å². The summed E-state index contributed by atoms with van der Waals surface area (Å²) >= 11 is 0. The van der Waals surface area contributed by atoms with Crippen molar-refractivity contribution in [1.82, 2.24) is 24.4 Å². The number of alkyl halides is 2. The van der Waals surface area contributed by atoms with Crippen molar-refractivity contribution in [1.29, 1.82) is 0 Å². The van der Waals surface area contributed by atoms with Gasteiger partial charge in [-0.25, -0.2) is 13.8 Å². The summed E-state index contributed by atoms with van der Waals surface area (Å²) in [5, 5.41) is 3.47. The Morgan fingerprint density at radius 3 is 2.40 bits per heavy atom. The predicted octanol–water partition coefficient (Wildman–Crippen LogP) is 4.67. The van der Waals surface area contributed by atoms with E-state index in [9.17, 15) is 8.78 Å². The number of aromatic nitrogens is 4. The molecule has 2 aliphatic carbocycles. The summed E-state index contributed by atoms with van der Waals surface area (Å²) in [6.07, 6.45) is 4.54. The van der Waals surface area contributed by atoms with Crippen LogP contribution in [0.5, 0.6) is 0 Å². The van der Waals surface area contributed by atoms with Crippen molar-refractivity contribution in [3.63, 3.8) is 0 Å². The lowest BCUT2D eigenvalue weighted by Crippen LogP contribution is -2.42. The molecule has 3 fully saturated rings. The first-order valence-corrected chi connectivity index (χ1v) is 14.6. The normalized spacial score (nSPS) is 22.0. The van der Waals surface area contributed by atoms with E-state index in [1.807, 2.05) is 6.07 Å². The second-order valence-corrected chi connectivity index (χ2v) is 11.1. The number of nitrogens with zero attached hydrogens (tertiary/aromatic N) is 6. The number of para-hydroxylation sites is 2. The molecule has 1 aromatic carbocycles. The van der Waals surface area contributed by atoms with Gasteiger partial charge in [-0.3, -0.25) is 9.47 Å². The number of halogens is 2. The van der Waals surface area contributed by atoms with Gasteiger partial charge in [-0.15, -0.1) is 0 Å². The van der Waals surface area contributed by atoms with Gasteiger partial charge < -0.3 is 19.7 Å². The molecule has 1 saturated heterocycles. The summed E-state index contributed by atoms with van der Waals surface area (Å²) in [5.41, 5.74) is 1.11. The van der Waals surface area contributed by atoms with Gasteiger partial charge in [0.25, 0.3) is 6.43 Å². The quantitative estimate of drug-likeness (QED) is 0.366. The van der Waals surface area contributed by atoms with Gasteiger partial charge >= 0.3 is 0 Å². The Morgan fingerprint density at radius 2 is 1.70 bits per heavy atom. The number of rotatable bonds is 11. The summed E-state index contributed by atoms with van der Waals surface area (Å²) in [7, 11) is 1.78. The molecule has 0 amide bonds. The average Bonchev–Trinajstić information content (AvgIpc) is 3.75. The third-order valence-electron chi connectivity index (χ3n) is 8.45. The Hall–Kier alpha value is -2.89. The summed E-state index contributed by atoms with van der Waals surface area (Å²) in [5.74, 6) is 1.76. The first-order chi connectivity index (χ1) is 19.6. The van der Waals surface area contributed by atoms with Crippen molar-refractivity contribution >= 4 is 22.8 Å². The van der Waals surface area contributed by atoms with Gasteiger partial charge in [0.05, 0.1) is 30.9 Å². The molecule has 2 aromatic heterocycles. The van der Waals surface area contributed by atoms with E-state index in [1.165, 1.54) is 30.3 Å². The topological polar surface area (TPSA) is 80.6 Å². The molecular weight excluding hydrogens is 516 g/mol. The van der Waals surface area contributed by atoms with Gasteiger partial charge in [0.1, 0.15) is 11.6 Å². The molecule has 0 radical (unpaired) electrons. The molecule has 0 bridgehead atoms. The number of hydrogen-bond donors (Lipinski definition) is 1. The zero-order chi connectivity index (χ0) is 27.5. The Kier molecular flexibility index (Phi) is 8.40. The van der Waals surface area contributed by atoms with Gasteiger partial charge in [-0.05, 0) is 56.6 Å². The van der Waals surface area contributed by atoms with E-state index < -0.39 is 6.43 Å². The largest absolute Gasteiger partial charge is 0.383 e. The molecule has 6 rings (SSSR count). The average molecular weight is 556 g/mol. The van der Waals surface area contributed by atoms with Crippen molar-refractivity contribution < 1.29 is 18.3 Å². The van der Waals surface area contributed by atoms with Crippen molar-refractivity contribution in [2.24, 2.45) is 5.92 Å². The third kappa shape index (κ3) is 6.06. The fourth-order valence-electron chi connectivity index (χ4n) is 6.18. The van der Waals surface area contributed by atoms with Gasteiger partial charge in [-0.1, -0.05) is 12.1 Å². The van der Waals surface area contributed by atoms with Crippen LogP contribution in [0.2, 0.25) is 0 Å². The predicted molar refractivity (Wildman–Crippen MR) is 150 cm³/mol. The number of fused-ring (bicyclic) bond motifs is 1. The molecule has 3 aliphatic rings. The van der Waals surface area contributed by atoms with E-state index in [4.69, 9.17) is 19.4 Å². The molecule has 3 aromatic rings. The zero-order valence-corrected chi connectivity index (χ0v) is 23.1. The maximum atomic E-state index is 14.1. The van der Waals surface area contributed by atoms with Crippen LogP contribution < -0.4 is 10.2 Å². The van der Waals surface area contributed by atoms with E-state index in [-0.39, 0.29) is 5.82 Å². The molecule has 216 valence electrons. The molecule has 9 nitrogen and oxygen atoms in total. The van der Waals surface area contributed by atoms with Crippen molar-refractivity contribution in [2.45, 2.75) is 57.0 Å². The smallest absolute Gasteiger partial charge is 0.296 e. The summed E-state index contributed by atoms with van der Waals surface area (Å²) in [6, 6.07) is 10.3. The van der Waals surface area contributed by atoms with Crippen LogP contribution in [0.4, 0.5) is 20.5 Å². The minimum absolute atomic E-state index is 0.314. The molecule has 40 heavy (non-hydrogen) atoms. The lowest BCUT2D eigenvalue weighted by atomic mass is 9.85. The Labute approximate surface area is 233 Å². The highest BCUT2D eigenvalue weighted by atomic mass is 19.3. The van der Waals surface area contributed by atoms with Gasteiger partial charge in [0.15, 0.2) is 5.82 Å². The van der Waals surface area contributed by atoms with Gasteiger partial charge in [-0.2, -0.15) is 9.97 Å². The lowest BCUT2D eigenvalue weighted by Gasteiger charge is -2.37. The fourth-order valence-corrected chi connectivity index (χ4v) is 6.18. The summed E-state index contributed by atoms with van der Waals surface area (Å²) in [4.78, 5) is 18.6. The number of ether oxygens (including phenoxy) is 2. The van der Waals surface area contributed by atoms with Gasteiger partial charge in [0.2, 0.25) is 5.95 Å². The molecule has 0 atom stereocenters. The van der Waals surface area contributed by atoms with Gasteiger partial charge in [0, 0.05) is 51.4 Å². The summed E-state index contributed by atoms with van der Waals surface area (Å²) in [6.45, 7) is 5.14. The Morgan fingerprint density at radius 1 is 1.00 bits per heavy atom. The monoisotopic (exact) mass is 555 g/mol. The van der Waals surface area contributed by atoms with Crippen LogP contribution in [0.1, 0.15) is 50.8 Å². The number of hydrogen-bond acceptors (Lipinski definition) is 8. The highest BCUT2D eigenvalue weighted by Crippen LogP contribution is 2.35. The standard InChI is InChI=1S/C29H39F2N7O2/c1-39-15-14-37(22-10-11-22)21-8-6-20(7-9-21)19-32-29-34-25(36-12-16-40-17-13-36)18-26(35-29)38-24-5-3-2-4-23(24)33-28(38)27(30)31/h2-5,18,20-22,27H,6-17,19H2,1H3,(H,32,34,35)/t20-,21-. The number of imidazole rings is 1. The number of methoxy groups -OCH3 is 1. The first kappa shape index (κ1) is 27.3. The highest BCUT2D eigenvalue weighted by molar-refractivity contribution is 5.78. The number of morpholine rings is 1. The maximum absolute atomic E-state index is 14.1.